The Hall–Kier alpha value is -2.94. The van der Waals surface area contributed by atoms with E-state index in [4.69, 9.17) is 0 Å². The second-order valence-electron chi connectivity index (χ2n) is 8.61. The first kappa shape index (κ1) is 33.6. The van der Waals surface area contributed by atoms with Crippen molar-refractivity contribution in [3.63, 3.8) is 0 Å². The van der Waals surface area contributed by atoms with Crippen LogP contribution in [0.15, 0.2) is 70.3 Å². The number of nitrogens with one attached hydrogen (secondary N) is 2. The van der Waals surface area contributed by atoms with Gasteiger partial charge in [0.2, 0.25) is 0 Å². The fourth-order valence-corrected chi connectivity index (χ4v) is 6.59. The van der Waals surface area contributed by atoms with E-state index in [-0.39, 0.29) is 59.1 Å². The van der Waals surface area contributed by atoms with E-state index in [1.54, 1.807) is 0 Å². The third-order valence-corrected chi connectivity index (χ3v) is 8.53. The van der Waals surface area contributed by atoms with E-state index < -0.39 is 34.7 Å². The van der Waals surface area contributed by atoms with Crippen molar-refractivity contribution in [1.82, 2.24) is 19.9 Å². The Morgan fingerprint density at radius 1 is 0.643 bits per heavy atom. The Labute approximate surface area is 290 Å². The molecule has 0 amide bonds. The summed E-state index contributed by atoms with van der Waals surface area (Å²) in [6.07, 6.45) is 0. The van der Waals surface area contributed by atoms with Gasteiger partial charge >= 0.3 is 59.1 Å². The summed E-state index contributed by atoms with van der Waals surface area (Å²) >= 11 is 2.60. The predicted molar refractivity (Wildman–Crippen MR) is 149 cm³/mol. The summed E-state index contributed by atoms with van der Waals surface area (Å²) in [7, 11) is 0. The number of carbonyl (C=O) groups is 2. The molecule has 0 spiro atoms. The molecule has 42 heavy (non-hydrogen) atoms. The molecule has 200 valence electrons. The number of hydrogen-bond acceptors (Lipinski definition) is 10. The molecule has 4 heterocycles. The van der Waals surface area contributed by atoms with Gasteiger partial charge in [-0.1, -0.05) is 60.7 Å². The number of nitrogens with zero attached hydrogens (tertiary/aromatic N) is 2. The number of carbonyl (C=O) groups excluding carboxylic acids is 2. The molecular formula is C28H18N4Na2O6S2. The van der Waals surface area contributed by atoms with Gasteiger partial charge in [0.05, 0.1) is 10.8 Å². The van der Waals surface area contributed by atoms with Gasteiger partial charge in [-0.2, -0.15) is 0 Å². The van der Waals surface area contributed by atoms with E-state index in [1.165, 1.54) is 22.7 Å². The van der Waals surface area contributed by atoms with Crippen molar-refractivity contribution in [3.05, 3.63) is 104 Å². The SMILES string of the molecule is Cc1c(-c2ccccc2)sc2nc(C(=O)[O-])[nH]c(=O)c12.Cc1c(-c2ccccc2)sc2nc(C(=O)[O-])[nH]c(=O)c12.[Na+].[Na+]. The number of carboxylic acid groups (broad SMARTS) is 2. The summed E-state index contributed by atoms with van der Waals surface area (Å²) in [6.45, 7) is 3.66. The molecule has 2 N–H and O–H groups in total. The third-order valence-electron chi connectivity index (χ3n) is 6.06. The van der Waals surface area contributed by atoms with Gasteiger partial charge in [0.1, 0.15) is 21.6 Å². The van der Waals surface area contributed by atoms with Crippen LogP contribution >= 0.6 is 22.7 Å². The molecule has 6 aromatic rings. The molecule has 0 atom stereocenters. The van der Waals surface area contributed by atoms with Gasteiger partial charge in [0, 0.05) is 9.75 Å². The second kappa shape index (κ2) is 14.0. The first-order chi connectivity index (χ1) is 19.2. The van der Waals surface area contributed by atoms with Crippen molar-refractivity contribution < 1.29 is 78.9 Å². The fourth-order valence-electron chi connectivity index (χ4n) is 4.21. The number of rotatable bonds is 4. The van der Waals surface area contributed by atoms with Crippen LogP contribution in [0.2, 0.25) is 0 Å². The fraction of sp³-hybridized carbons (Fsp3) is 0.0714. The number of hydrogen-bond donors (Lipinski definition) is 2. The number of H-pyrrole nitrogens is 2. The van der Waals surface area contributed by atoms with Gasteiger partial charge < -0.3 is 29.8 Å². The van der Waals surface area contributed by atoms with Crippen LogP contribution in [0.4, 0.5) is 0 Å². The van der Waals surface area contributed by atoms with E-state index in [2.05, 4.69) is 19.9 Å². The van der Waals surface area contributed by atoms with Crippen molar-refractivity contribution >= 4 is 55.0 Å². The van der Waals surface area contributed by atoms with Crippen LogP contribution in [0.25, 0.3) is 41.3 Å². The van der Waals surface area contributed by atoms with E-state index >= 15 is 0 Å². The molecule has 0 aliphatic heterocycles. The van der Waals surface area contributed by atoms with Crippen molar-refractivity contribution in [2.75, 3.05) is 0 Å². The smallest absolute Gasteiger partial charge is 0.542 e. The van der Waals surface area contributed by atoms with Crippen LogP contribution in [0.3, 0.4) is 0 Å². The van der Waals surface area contributed by atoms with Gasteiger partial charge in [-0.25, -0.2) is 9.97 Å². The summed E-state index contributed by atoms with van der Waals surface area (Å²) in [5.41, 5.74) is 2.64. The molecule has 10 nitrogen and oxygen atoms in total. The minimum Gasteiger partial charge on any atom is -0.542 e. The number of fused-ring (bicyclic) bond motifs is 2. The Bertz CT molecular complexity index is 1890. The van der Waals surface area contributed by atoms with Crippen LogP contribution in [0, 0.1) is 13.8 Å². The number of carboxylic acids is 2. The van der Waals surface area contributed by atoms with Crippen LogP contribution in [0.5, 0.6) is 0 Å². The van der Waals surface area contributed by atoms with Crippen LogP contribution in [0.1, 0.15) is 32.4 Å². The average molecular weight is 617 g/mol. The third kappa shape index (κ3) is 6.66. The quantitative estimate of drug-likeness (QED) is 0.194. The van der Waals surface area contributed by atoms with Crippen molar-refractivity contribution in [2.45, 2.75) is 13.8 Å². The molecule has 0 unspecified atom stereocenters. The first-order valence-corrected chi connectivity index (χ1v) is 13.4. The maximum atomic E-state index is 12.0. The number of benzene rings is 2. The van der Waals surface area contributed by atoms with Gasteiger partial charge in [-0.3, -0.25) is 9.59 Å². The molecule has 0 fully saturated rings. The molecule has 0 bridgehead atoms. The minimum atomic E-state index is -1.49. The van der Waals surface area contributed by atoms with Crippen LogP contribution in [-0.2, 0) is 0 Å². The molecule has 0 radical (unpaired) electrons. The molecule has 14 heteroatoms. The van der Waals surface area contributed by atoms with Gasteiger partial charge in [0.15, 0.2) is 11.6 Å². The summed E-state index contributed by atoms with van der Waals surface area (Å²) in [5.74, 6) is -3.86. The first-order valence-electron chi connectivity index (χ1n) is 11.8. The summed E-state index contributed by atoms with van der Waals surface area (Å²) < 4.78 is 0. The van der Waals surface area contributed by atoms with Gasteiger partial charge in [-0.15, -0.1) is 22.7 Å². The maximum Gasteiger partial charge on any atom is 1.00 e. The van der Waals surface area contributed by atoms with E-state index in [9.17, 15) is 29.4 Å². The standard InChI is InChI=1S/2C14H10N2O3S.2Na/c2*1-7-9-12(17)15-11(14(18)19)16-13(9)20-10(7)8-5-3-2-4-6-8;;/h2*2-6H,1H3,(H,18,19)(H,15,16,17);;/q;;2*+1/p-2. The Morgan fingerprint density at radius 3 is 1.29 bits per heavy atom. The van der Waals surface area contributed by atoms with Crippen molar-refractivity contribution in [1.29, 1.82) is 0 Å². The minimum absolute atomic E-state index is 0. The summed E-state index contributed by atoms with van der Waals surface area (Å²) in [4.78, 5) is 60.6. The van der Waals surface area contributed by atoms with Crippen LogP contribution in [-0.4, -0.2) is 31.9 Å². The Morgan fingerprint density at radius 2 is 0.976 bits per heavy atom. The molecule has 6 rings (SSSR count). The topological polar surface area (TPSA) is 172 Å². The van der Waals surface area contributed by atoms with Crippen molar-refractivity contribution in [2.24, 2.45) is 0 Å². The molecule has 2 aromatic carbocycles. The summed E-state index contributed by atoms with van der Waals surface area (Å²) in [5, 5.41) is 22.5. The van der Waals surface area contributed by atoms with Gasteiger partial charge in [0.25, 0.3) is 11.1 Å². The zero-order valence-corrected chi connectivity index (χ0v) is 28.6. The second-order valence-corrected chi connectivity index (χ2v) is 10.6. The van der Waals surface area contributed by atoms with Crippen LogP contribution < -0.4 is 80.4 Å². The molecular weight excluding hydrogens is 598 g/mol. The van der Waals surface area contributed by atoms with Crippen molar-refractivity contribution in [3.8, 4) is 20.9 Å². The molecule has 0 saturated heterocycles. The molecule has 0 aliphatic rings. The largest absolute Gasteiger partial charge is 1.00 e. The predicted octanol–water partition coefficient (Wildman–Crippen LogP) is -3.34. The number of aromatic amines is 2. The van der Waals surface area contributed by atoms with Gasteiger partial charge in [-0.05, 0) is 36.1 Å². The Kier molecular flexibility index (Phi) is 11.2. The Balaban J connectivity index is 0.000000220. The maximum absolute atomic E-state index is 12.0. The number of aromatic nitrogens is 4. The van der Waals surface area contributed by atoms with E-state index in [0.717, 1.165) is 32.0 Å². The number of thiophene rings is 2. The van der Waals surface area contributed by atoms with E-state index in [1.807, 2.05) is 74.5 Å². The molecule has 0 saturated carbocycles. The summed E-state index contributed by atoms with van der Waals surface area (Å²) in [6, 6.07) is 19.2. The molecule has 0 aliphatic carbocycles. The monoisotopic (exact) mass is 616 g/mol. The zero-order valence-electron chi connectivity index (χ0n) is 22.9. The average Bonchev–Trinajstić information content (AvgIpc) is 3.47. The number of aryl methyl sites for hydroxylation is 2. The number of aromatic carboxylic acids is 2. The normalized spacial score (nSPS) is 10.3. The molecule has 4 aromatic heterocycles. The van der Waals surface area contributed by atoms with E-state index in [0.29, 0.717) is 20.4 Å². The zero-order chi connectivity index (χ0) is 28.6.